The van der Waals surface area contributed by atoms with Gasteiger partial charge in [0.1, 0.15) is 0 Å². The second-order valence-electron chi connectivity index (χ2n) is 16.1. The summed E-state index contributed by atoms with van der Waals surface area (Å²) in [7, 11) is 0. The minimum absolute atomic E-state index is 1.12. The number of fused-ring (bicyclic) bond motifs is 6. The van der Waals surface area contributed by atoms with Crippen LogP contribution >= 0.6 is 22.7 Å². The van der Waals surface area contributed by atoms with Gasteiger partial charge in [-0.1, -0.05) is 152 Å². The van der Waals surface area contributed by atoms with Gasteiger partial charge in [0.05, 0.1) is 10.4 Å². The number of thiophene rings is 2. The normalized spacial score (nSPS) is 11.4. The van der Waals surface area contributed by atoms with Crippen molar-refractivity contribution < 1.29 is 0 Å². The van der Waals surface area contributed by atoms with Crippen LogP contribution in [0.25, 0.3) is 73.7 Å². The van der Waals surface area contributed by atoms with E-state index in [1.165, 1.54) is 79.4 Å². The van der Waals surface area contributed by atoms with E-state index in [0.29, 0.717) is 0 Å². The van der Waals surface area contributed by atoms with Crippen LogP contribution in [0.15, 0.2) is 243 Å². The SMILES string of the molecule is c1ccc(N(c2ccccc2)c2ccc(-c3ccc(-c4cccc5sc6c(N(c7ccccc7)c7ccc(-c8ccc9sc%10ccccc%10c9c8)cc7)cccc6c45)cc3)cc2)cc1. The number of rotatable bonds is 9. The van der Waals surface area contributed by atoms with Gasteiger partial charge in [0.15, 0.2) is 0 Å². The molecule has 0 bridgehead atoms. The highest BCUT2D eigenvalue weighted by atomic mass is 32.1. The first kappa shape index (κ1) is 38.0. The molecule has 0 radical (unpaired) electrons. The lowest BCUT2D eigenvalue weighted by Crippen LogP contribution is -2.09. The van der Waals surface area contributed by atoms with Crippen LogP contribution < -0.4 is 9.80 Å². The summed E-state index contributed by atoms with van der Waals surface area (Å²) >= 11 is 3.73. The molecule has 12 aromatic rings. The van der Waals surface area contributed by atoms with Crippen molar-refractivity contribution in [3.05, 3.63) is 243 Å². The van der Waals surface area contributed by atoms with Gasteiger partial charge in [-0.25, -0.2) is 0 Å². The summed E-state index contributed by atoms with van der Waals surface area (Å²) in [4.78, 5) is 4.71. The summed E-state index contributed by atoms with van der Waals surface area (Å²) in [5, 5.41) is 5.20. The summed E-state index contributed by atoms with van der Waals surface area (Å²) in [5.74, 6) is 0. The molecule has 12 rings (SSSR count). The highest BCUT2D eigenvalue weighted by molar-refractivity contribution is 7.26. The third kappa shape index (κ3) is 6.81. The zero-order valence-electron chi connectivity index (χ0n) is 34.8. The highest BCUT2D eigenvalue weighted by Gasteiger charge is 2.20. The van der Waals surface area contributed by atoms with Crippen molar-refractivity contribution in [2.24, 2.45) is 0 Å². The van der Waals surface area contributed by atoms with E-state index in [1.807, 2.05) is 22.7 Å². The average molecular weight is 853 g/mol. The Morgan fingerprint density at radius 3 is 1.38 bits per heavy atom. The number of para-hydroxylation sites is 3. The van der Waals surface area contributed by atoms with Gasteiger partial charge < -0.3 is 9.80 Å². The van der Waals surface area contributed by atoms with E-state index in [9.17, 15) is 0 Å². The summed E-state index contributed by atoms with van der Waals surface area (Å²) in [6, 6.07) is 88.1. The minimum Gasteiger partial charge on any atom is -0.311 e. The lowest BCUT2D eigenvalue weighted by Gasteiger charge is -2.26. The van der Waals surface area contributed by atoms with Crippen molar-refractivity contribution in [3.8, 4) is 33.4 Å². The van der Waals surface area contributed by atoms with Gasteiger partial charge >= 0.3 is 0 Å². The molecular weight excluding hydrogens is 813 g/mol. The van der Waals surface area contributed by atoms with Crippen molar-refractivity contribution in [1.82, 2.24) is 0 Å². The van der Waals surface area contributed by atoms with Crippen LogP contribution in [0.2, 0.25) is 0 Å². The van der Waals surface area contributed by atoms with Crippen LogP contribution in [0.1, 0.15) is 0 Å². The first-order valence-electron chi connectivity index (χ1n) is 21.7. The Morgan fingerprint density at radius 2 is 0.719 bits per heavy atom. The topological polar surface area (TPSA) is 6.48 Å². The molecule has 0 unspecified atom stereocenters. The second kappa shape index (κ2) is 16.2. The van der Waals surface area contributed by atoms with Gasteiger partial charge in [0, 0.05) is 64.1 Å². The quantitative estimate of drug-likeness (QED) is 0.143. The smallest absolute Gasteiger partial charge is 0.0640 e. The summed E-state index contributed by atoms with van der Waals surface area (Å²) in [5.41, 5.74) is 14.1. The fourth-order valence-corrected chi connectivity index (χ4v) is 11.5. The Bertz CT molecular complexity index is 3540. The van der Waals surface area contributed by atoms with E-state index in [4.69, 9.17) is 0 Å². The molecule has 0 saturated carbocycles. The van der Waals surface area contributed by atoms with Crippen molar-refractivity contribution in [2.45, 2.75) is 0 Å². The van der Waals surface area contributed by atoms with Crippen molar-refractivity contribution in [3.63, 3.8) is 0 Å². The Kier molecular flexibility index (Phi) is 9.59. The molecule has 2 aromatic heterocycles. The largest absolute Gasteiger partial charge is 0.311 e. The van der Waals surface area contributed by atoms with E-state index in [0.717, 1.165) is 28.4 Å². The molecule has 4 heteroatoms. The van der Waals surface area contributed by atoms with Crippen LogP contribution in [0, 0.1) is 0 Å². The fraction of sp³-hybridized carbons (Fsp3) is 0. The molecule has 2 nitrogen and oxygen atoms in total. The third-order valence-corrected chi connectivity index (χ3v) is 14.6. The maximum atomic E-state index is 2.41. The highest BCUT2D eigenvalue weighted by Crippen LogP contribution is 2.48. The van der Waals surface area contributed by atoms with Crippen LogP contribution in [-0.2, 0) is 0 Å². The minimum atomic E-state index is 1.12. The number of benzene rings is 10. The van der Waals surface area contributed by atoms with Crippen molar-refractivity contribution >= 4 is 97.1 Å². The first-order chi connectivity index (χ1) is 31.7. The van der Waals surface area contributed by atoms with Crippen LogP contribution in [0.4, 0.5) is 34.1 Å². The van der Waals surface area contributed by atoms with Crippen molar-refractivity contribution in [2.75, 3.05) is 9.80 Å². The zero-order valence-corrected chi connectivity index (χ0v) is 36.4. The van der Waals surface area contributed by atoms with Crippen LogP contribution in [0.3, 0.4) is 0 Å². The van der Waals surface area contributed by atoms with E-state index < -0.39 is 0 Å². The fourth-order valence-electron chi connectivity index (χ4n) is 9.21. The number of hydrogen-bond donors (Lipinski definition) is 0. The van der Waals surface area contributed by atoms with Gasteiger partial charge in [0.2, 0.25) is 0 Å². The predicted octanol–water partition coefficient (Wildman–Crippen LogP) is 18.4. The van der Waals surface area contributed by atoms with E-state index in [2.05, 4.69) is 252 Å². The molecule has 0 fully saturated rings. The zero-order chi connectivity index (χ0) is 42.4. The Hall–Kier alpha value is -7.76. The molecule has 0 aliphatic rings. The third-order valence-electron chi connectivity index (χ3n) is 12.3. The molecule has 0 N–H and O–H groups in total. The van der Waals surface area contributed by atoms with E-state index in [-0.39, 0.29) is 0 Å². The maximum Gasteiger partial charge on any atom is 0.0640 e. The van der Waals surface area contributed by atoms with Crippen LogP contribution in [-0.4, -0.2) is 0 Å². The van der Waals surface area contributed by atoms with Gasteiger partial charge in [0.25, 0.3) is 0 Å². The first-order valence-corrected chi connectivity index (χ1v) is 23.3. The molecule has 0 amide bonds. The molecule has 0 aliphatic heterocycles. The number of hydrogen-bond acceptors (Lipinski definition) is 4. The standard InChI is InChI=1S/C60H40N2S2/c1-4-14-46(15-5-1)61(47-16-6-2-7-17-47)49-35-30-42(31-36-49)41-26-28-44(29-27-41)51-21-13-25-58-59(51)53-22-12-23-55(60(53)64-58)62(48-18-8-3-9-19-48)50-37-32-43(33-38-50)45-34-39-57-54(40-45)52-20-10-11-24-56(52)63-57/h1-40H. The van der Waals surface area contributed by atoms with Crippen molar-refractivity contribution in [1.29, 1.82) is 0 Å². The number of anilines is 6. The summed E-state index contributed by atoms with van der Waals surface area (Å²) < 4.78 is 5.20. The maximum absolute atomic E-state index is 2.41. The second-order valence-corrected chi connectivity index (χ2v) is 18.2. The van der Waals surface area contributed by atoms with E-state index in [1.54, 1.807) is 0 Å². The van der Waals surface area contributed by atoms with Gasteiger partial charge in [-0.05, 0) is 124 Å². The Balaban J connectivity index is 0.882. The lowest BCUT2D eigenvalue weighted by atomic mass is 9.96. The van der Waals surface area contributed by atoms with Gasteiger partial charge in [-0.15, -0.1) is 22.7 Å². The molecule has 0 saturated heterocycles. The molecule has 0 atom stereocenters. The molecular formula is C60H40N2S2. The van der Waals surface area contributed by atoms with E-state index >= 15 is 0 Å². The Morgan fingerprint density at radius 1 is 0.266 bits per heavy atom. The molecule has 302 valence electrons. The lowest BCUT2D eigenvalue weighted by molar-refractivity contribution is 1.28. The average Bonchev–Trinajstić information content (AvgIpc) is 3.95. The molecule has 0 spiro atoms. The number of nitrogens with zero attached hydrogens (tertiary/aromatic N) is 2. The van der Waals surface area contributed by atoms with Gasteiger partial charge in [-0.2, -0.15) is 0 Å². The van der Waals surface area contributed by atoms with Crippen LogP contribution in [0.5, 0.6) is 0 Å². The molecule has 0 aliphatic carbocycles. The van der Waals surface area contributed by atoms with Gasteiger partial charge in [-0.3, -0.25) is 0 Å². The predicted molar refractivity (Wildman–Crippen MR) is 278 cm³/mol. The summed E-state index contributed by atoms with van der Waals surface area (Å²) in [6.45, 7) is 0. The monoisotopic (exact) mass is 852 g/mol. The molecule has 2 heterocycles. The summed E-state index contributed by atoms with van der Waals surface area (Å²) in [6.07, 6.45) is 0. The molecule has 10 aromatic carbocycles. The Labute approximate surface area is 380 Å². The molecule has 64 heavy (non-hydrogen) atoms.